The number of hydrogen-bond donors (Lipinski definition) is 3. The number of benzene rings is 1. The molecule has 1 aromatic rings. The number of nitrogens with zero attached hydrogens (tertiary/aromatic N) is 1. The number of rotatable bonds is 10. The van der Waals surface area contributed by atoms with E-state index in [2.05, 4.69) is 22.5 Å². The van der Waals surface area contributed by atoms with Crippen molar-refractivity contribution in [3.05, 3.63) is 29.8 Å². The lowest BCUT2D eigenvalue weighted by atomic mass is 10.1. The molecule has 0 spiro atoms. The third-order valence-electron chi connectivity index (χ3n) is 4.06. The van der Waals surface area contributed by atoms with Crippen molar-refractivity contribution in [1.29, 1.82) is 0 Å². The summed E-state index contributed by atoms with van der Waals surface area (Å²) in [5.74, 6) is 1.70. The Kier molecular flexibility index (Phi) is 12.4. The highest BCUT2D eigenvalue weighted by molar-refractivity contribution is 14.0. The van der Waals surface area contributed by atoms with E-state index in [1.165, 1.54) is 0 Å². The number of phenols is 1. The highest BCUT2D eigenvalue weighted by atomic mass is 127. The first-order valence-electron chi connectivity index (χ1n) is 9.23. The van der Waals surface area contributed by atoms with Crippen LogP contribution in [0.15, 0.2) is 29.3 Å². The van der Waals surface area contributed by atoms with E-state index in [-0.39, 0.29) is 24.0 Å². The molecule has 0 bridgehead atoms. The SMILES string of the molecule is CCNC(=NCCCOCC1CCOC1)NCCc1cccc(O)c1.I. The van der Waals surface area contributed by atoms with E-state index in [9.17, 15) is 5.11 Å². The van der Waals surface area contributed by atoms with Crippen LogP contribution in [0.2, 0.25) is 0 Å². The standard InChI is InChI=1S/C19H31N3O3.HI/c1-2-20-19(22-10-7-16-5-3-6-18(23)13-16)21-9-4-11-24-14-17-8-12-25-15-17;/h3,5-6,13,17,23H,2,4,7-12,14-15H2,1H3,(H2,20,21,22);1H. The summed E-state index contributed by atoms with van der Waals surface area (Å²) in [6.45, 7) is 7.64. The normalized spacial score (nSPS) is 17.0. The Labute approximate surface area is 173 Å². The second-order valence-electron chi connectivity index (χ2n) is 6.27. The minimum atomic E-state index is 0. The fourth-order valence-electron chi connectivity index (χ4n) is 2.70. The van der Waals surface area contributed by atoms with Gasteiger partial charge in [-0.1, -0.05) is 12.1 Å². The van der Waals surface area contributed by atoms with Crippen molar-refractivity contribution in [2.45, 2.75) is 26.2 Å². The number of hydrogen-bond acceptors (Lipinski definition) is 4. The minimum Gasteiger partial charge on any atom is -0.508 e. The first-order valence-corrected chi connectivity index (χ1v) is 9.23. The molecule has 148 valence electrons. The van der Waals surface area contributed by atoms with Crippen LogP contribution in [0.4, 0.5) is 0 Å². The molecule has 0 aliphatic carbocycles. The molecule has 1 aliphatic heterocycles. The van der Waals surface area contributed by atoms with Gasteiger partial charge in [0, 0.05) is 38.8 Å². The number of halogens is 1. The van der Waals surface area contributed by atoms with Crippen LogP contribution in [0.5, 0.6) is 5.75 Å². The molecule has 1 fully saturated rings. The number of nitrogens with one attached hydrogen (secondary N) is 2. The lowest BCUT2D eigenvalue weighted by molar-refractivity contribution is 0.0893. The summed E-state index contributed by atoms with van der Waals surface area (Å²) in [4.78, 5) is 4.57. The summed E-state index contributed by atoms with van der Waals surface area (Å²) in [7, 11) is 0. The first-order chi connectivity index (χ1) is 12.3. The number of ether oxygens (including phenoxy) is 2. The van der Waals surface area contributed by atoms with Gasteiger partial charge in [0.05, 0.1) is 13.2 Å². The van der Waals surface area contributed by atoms with Crippen LogP contribution in [-0.2, 0) is 15.9 Å². The van der Waals surface area contributed by atoms with Gasteiger partial charge in [0.1, 0.15) is 5.75 Å². The Morgan fingerprint density at radius 3 is 3.00 bits per heavy atom. The van der Waals surface area contributed by atoms with Gasteiger partial charge < -0.3 is 25.2 Å². The summed E-state index contributed by atoms with van der Waals surface area (Å²) in [6.07, 6.45) is 2.87. The van der Waals surface area contributed by atoms with E-state index in [4.69, 9.17) is 9.47 Å². The van der Waals surface area contributed by atoms with Gasteiger partial charge in [-0.3, -0.25) is 4.99 Å². The summed E-state index contributed by atoms with van der Waals surface area (Å²) in [5, 5.41) is 16.1. The fourth-order valence-corrected chi connectivity index (χ4v) is 2.70. The van der Waals surface area contributed by atoms with E-state index in [0.29, 0.717) is 11.7 Å². The van der Waals surface area contributed by atoms with Crippen molar-refractivity contribution >= 4 is 29.9 Å². The maximum absolute atomic E-state index is 9.49. The number of guanidine groups is 1. The lowest BCUT2D eigenvalue weighted by Crippen LogP contribution is -2.38. The van der Waals surface area contributed by atoms with Crippen LogP contribution < -0.4 is 10.6 Å². The van der Waals surface area contributed by atoms with E-state index in [1.54, 1.807) is 12.1 Å². The van der Waals surface area contributed by atoms with Crippen LogP contribution >= 0.6 is 24.0 Å². The highest BCUT2D eigenvalue weighted by Crippen LogP contribution is 2.12. The average molecular weight is 477 g/mol. The summed E-state index contributed by atoms with van der Waals surface area (Å²) >= 11 is 0. The Morgan fingerprint density at radius 1 is 1.38 bits per heavy atom. The van der Waals surface area contributed by atoms with Crippen molar-refractivity contribution < 1.29 is 14.6 Å². The third kappa shape index (κ3) is 9.59. The quantitative estimate of drug-likeness (QED) is 0.209. The van der Waals surface area contributed by atoms with Gasteiger partial charge in [-0.05, 0) is 43.9 Å². The van der Waals surface area contributed by atoms with Crippen molar-refractivity contribution in [2.24, 2.45) is 10.9 Å². The molecule has 2 rings (SSSR count). The van der Waals surface area contributed by atoms with Crippen LogP contribution in [0, 0.1) is 5.92 Å². The first kappa shape index (κ1) is 23.0. The predicted molar refractivity (Wildman–Crippen MR) is 116 cm³/mol. The Morgan fingerprint density at radius 2 is 2.27 bits per heavy atom. The maximum Gasteiger partial charge on any atom is 0.191 e. The zero-order valence-corrected chi connectivity index (χ0v) is 17.9. The maximum atomic E-state index is 9.49. The van der Waals surface area contributed by atoms with Gasteiger partial charge in [-0.15, -0.1) is 24.0 Å². The molecule has 3 N–H and O–H groups in total. The molecular formula is C19H32IN3O3. The van der Waals surface area contributed by atoms with Gasteiger partial charge >= 0.3 is 0 Å². The average Bonchev–Trinajstić information content (AvgIpc) is 3.11. The van der Waals surface area contributed by atoms with Crippen LogP contribution in [0.1, 0.15) is 25.3 Å². The molecule has 1 heterocycles. The summed E-state index contributed by atoms with van der Waals surface area (Å²) < 4.78 is 11.0. The number of aromatic hydroxyl groups is 1. The van der Waals surface area contributed by atoms with E-state index in [1.807, 2.05) is 12.1 Å². The Balaban J connectivity index is 0.00000338. The second kappa shape index (κ2) is 14.1. The minimum absolute atomic E-state index is 0. The smallest absolute Gasteiger partial charge is 0.191 e. The van der Waals surface area contributed by atoms with Gasteiger partial charge in [0.25, 0.3) is 0 Å². The third-order valence-corrected chi connectivity index (χ3v) is 4.06. The fraction of sp³-hybridized carbons (Fsp3) is 0.632. The van der Waals surface area contributed by atoms with Crippen LogP contribution in [0.25, 0.3) is 0 Å². The van der Waals surface area contributed by atoms with Gasteiger partial charge in [0.15, 0.2) is 5.96 Å². The Bertz CT molecular complexity index is 523. The highest BCUT2D eigenvalue weighted by Gasteiger charge is 2.15. The number of aliphatic imine (C=N–C) groups is 1. The molecule has 0 amide bonds. The molecular weight excluding hydrogens is 445 g/mol. The predicted octanol–water partition coefficient (Wildman–Crippen LogP) is 2.55. The van der Waals surface area contributed by atoms with Crippen LogP contribution in [0.3, 0.4) is 0 Å². The molecule has 6 nitrogen and oxygen atoms in total. The van der Waals surface area contributed by atoms with Gasteiger partial charge in [-0.25, -0.2) is 0 Å². The van der Waals surface area contributed by atoms with Crippen molar-refractivity contribution in [3.8, 4) is 5.75 Å². The zero-order valence-electron chi connectivity index (χ0n) is 15.6. The van der Waals surface area contributed by atoms with E-state index in [0.717, 1.165) is 76.8 Å². The molecule has 1 unspecified atom stereocenters. The number of phenolic OH excluding ortho intramolecular Hbond substituents is 1. The summed E-state index contributed by atoms with van der Waals surface area (Å²) in [5.41, 5.74) is 1.10. The molecule has 7 heteroatoms. The molecule has 1 saturated heterocycles. The molecule has 1 aromatic carbocycles. The van der Waals surface area contributed by atoms with Gasteiger partial charge in [0.2, 0.25) is 0 Å². The molecule has 0 aromatic heterocycles. The van der Waals surface area contributed by atoms with Crippen LogP contribution in [-0.4, -0.2) is 57.1 Å². The van der Waals surface area contributed by atoms with Crippen molar-refractivity contribution in [2.75, 3.05) is 46.1 Å². The molecule has 26 heavy (non-hydrogen) atoms. The monoisotopic (exact) mass is 477 g/mol. The molecule has 1 aliphatic rings. The Hall–Kier alpha value is -1.06. The topological polar surface area (TPSA) is 75.1 Å². The molecule has 0 radical (unpaired) electrons. The largest absolute Gasteiger partial charge is 0.508 e. The van der Waals surface area contributed by atoms with Crippen molar-refractivity contribution in [3.63, 3.8) is 0 Å². The van der Waals surface area contributed by atoms with Crippen molar-refractivity contribution in [1.82, 2.24) is 10.6 Å². The second-order valence-corrected chi connectivity index (χ2v) is 6.27. The lowest BCUT2D eigenvalue weighted by Gasteiger charge is -2.12. The van der Waals surface area contributed by atoms with E-state index >= 15 is 0 Å². The van der Waals surface area contributed by atoms with E-state index < -0.39 is 0 Å². The molecule has 0 saturated carbocycles. The zero-order chi connectivity index (χ0) is 17.7. The van der Waals surface area contributed by atoms with Gasteiger partial charge in [-0.2, -0.15) is 0 Å². The molecule has 1 atom stereocenters. The summed E-state index contributed by atoms with van der Waals surface area (Å²) in [6, 6.07) is 7.35.